The highest BCUT2D eigenvalue weighted by molar-refractivity contribution is 6.04. The minimum atomic E-state index is -0.197. The van der Waals surface area contributed by atoms with Crippen LogP contribution in [0.5, 0.6) is 11.5 Å². The Morgan fingerprint density at radius 2 is 1.71 bits per heavy atom. The van der Waals surface area contributed by atoms with E-state index >= 15 is 0 Å². The molecule has 0 fully saturated rings. The average Bonchev–Trinajstić information content (AvgIpc) is 3.25. The lowest BCUT2D eigenvalue weighted by Gasteiger charge is -2.11. The zero-order valence-corrected chi connectivity index (χ0v) is 18.1. The summed E-state index contributed by atoms with van der Waals surface area (Å²) in [7, 11) is 4.08. The van der Waals surface area contributed by atoms with Crippen LogP contribution in [0.4, 0.5) is 5.69 Å². The fourth-order valence-electron chi connectivity index (χ4n) is 2.75. The average molecular weight is 425 g/mol. The number of carbonyl (C=O) groups is 1. The molecule has 3 aromatic rings. The Balaban J connectivity index is 1.46. The number of aromatic nitrogens is 2. The van der Waals surface area contributed by atoms with E-state index in [0.717, 1.165) is 18.7 Å². The molecule has 0 aliphatic rings. The molecule has 1 aromatic heterocycles. The van der Waals surface area contributed by atoms with Gasteiger partial charge >= 0.3 is 0 Å². The van der Waals surface area contributed by atoms with Crippen molar-refractivity contribution < 1.29 is 18.8 Å². The molecule has 0 bridgehead atoms. The first-order valence-electron chi connectivity index (χ1n) is 10.3. The first-order valence-corrected chi connectivity index (χ1v) is 10.3. The summed E-state index contributed by atoms with van der Waals surface area (Å²) in [5.74, 6) is 2.27. The van der Waals surface area contributed by atoms with Crippen LogP contribution in [0, 0.1) is 0 Å². The molecule has 8 heteroatoms. The number of benzene rings is 2. The standard InChI is InChI=1S/C23H28N4O4/c1-4-22-25-21(26-31-22)16-30-20-10-6-17(7-11-20)23(28)24-18-8-12-19(13-9-18)29-15-5-14-27(2)3/h6-13H,4-5,14-16H2,1-3H3,(H,24,28). The van der Waals surface area contributed by atoms with Crippen molar-refractivity contribution in [2.24, 2.45) is 0 Å². The van der Waals surface area contributed by atoms with E-state index in [9.17, 15) is 4.79 Å². The highest BCUT2D eigenvalue weighted by Gasteiger charge is 2.08. The summed E-state index contributed by atoms with van der Waals surface area (Å²) in [6.07, 6.45) is 1.64. The third-order valence-corrected chi connectivity index (χ3v) is 4.43. The van der Waals surface area contributed by atoms with Gasteiger partial charge in [-0.1, -0.05) is 12.1 Å². The number of nitrogens with zero attached hydrogens (tertiary/aromatic N) is 3. The predicted molar refractivity (Wildman–Crippen MR) is 118 cm³/mol. The first-order chi connectivity index (χ1) is 15.0. The Bertz CT molecular complexity index is 952. The number of ether oxygens (including phenoxy) is 2. The monoisotopic (exact) mass is 424 g/mol. The minimum absolute atomic E-state index is 0.197. The number of carbonyl (C=O) groups excluding carboxylic acids is 1. The Morgan fingerprint density at radius 3 is 2.35 bits per heavy atom. The van der Waals surface area contributed by atoms with Crippen LogP contribution in [0.3, 0.4) is 0 Å². The van der Waals surface area contributed by atoms with Crippen molar-refractivity contribution in [2.75, 3.05) is 32.6 Å². The second-order valence-corrected chi connectivity index (χ2v) is 7.25. The van der Waals surface area contributed by atoms with Gasteiger partial charge in [0, 0.05) is 24.2 Å². The highest BCUT2D eigenvalue weighted by Crippen LogP contribution is 2.18. The molecule has 1 amide bonds. The largest absolute Gasteiger partial charge is 0.494 e. The molecule has 0 saturated carbocycles. The van der Waals surface area contributed by atoms with Crippen molar-refractivity contribution in [1.29, 1.82) is 0 Å². The zero-order valence-electron chi connectivity index (χ0n) is 18.1. The van der Waals surface area contributed by atoms with Crippen molar-refractivity contribution in [3.05, 3.63) is 65.8 Å². The topological polar surface area (TPSA) is 89.7 Å². The van der Waals surface area contributed by atoms with E-state index < -0.39 is 0 Å². The number of amides is 1. The molecule has 31 heavy (non-hydrogen) atoms. The summed E-state index contributed by atoms with van der Waals surface area (Å²) >= 11 is 0. The van der Waals surface area contributed by atoms with Crippen LogP contribution in [-0.2, 0) is 13.0 Å². The fraction of sp³-hybridized carbons (Fsp3) is 0.348. The van der Waals surface area contributed by atoms with Crippen LogP contribution >= 0.6 is 0 Å². The first kappa shape index (κ1) is 22.3. The van der Waals surface area contributed by atoms with E-state index in [2.05, 4.69) is 20.4 Å². The van der Waals surface area contributed by atoms with Crippen molar-refractivity contribution in [2.45, 2.75) is 26.4 Å². The van der Waals surface area contributed by atoms with Crippen LogP contribution < -0.4 is 14.8 Å². The third kappa shape index (κ3) is 7.11. The molecule has 0 radical (unpaired) electrons. The zero-order chi connectivity index (χ0) is 22.1. The molecule has 0 aliphatic carbocycles. The van der Waals surface area contributed by atoms with Crippen molar-refractivity contribution in [3.8, 4) is 11.5 Å². The number of rotatable bonds is 11. The van der Waals surface area contributed by atoms with Crippen LogP contribution in [0.25, 0.3) is 0 Å². The van der Waals surface area contributed by atoms with Crippen LogP contribution in [0.15, 0.2) is 53.1 Å². The fourth-order valence-corrected chi connectivity index (χ4v) is 2.75. The van der Waals surface area contributed by atoms with Gasteiger partial charge in [0.25, 0.3) is 5.91 Å². The van der Waals surface area contributed by atoms with Crippen LogP contribution in [0.1, 0.15) is 35.4 Å². The third-order valence-electron chi connectivity index (χ3n) is 4.43. The van der Waals surface area contributed by atoms with Crippen molar-refractivity contribution in [3.63, 3.8) is 0 Å². The molecule has 0 unspecified atom stereocenters. The normalized spacial score (nSPS) is 10.8. The quantitative estimate of drug-likeness (QED) is 0.468. The number of hydrogen-bond acceptors (Lipinski definition) is 7. The van der Waals surface area contributed by atoms with Gasteiger partial charge in [0.15, 0.2) is 6.61 Å². The lowest BCUT2D eigenvalue weighted by atomic mass is 10.2. The second kappa shape index (κ2) is 11.1. The van der Waals surface area contributed by atoms with Gasteiger partial charge < -0.3 is 24.2 Å². The minimum Gasteiger partial charge on any atom is -0.494 e. The molecule has 3 rings (SSSR count). The Hall–Kier alpha value is -3.39. The van der Waals surface area contributed by atoms with E-state index in [1.165, 1.54) is 0 Å². The van der Waals surface area contributed by atoms with E-state index in [-0.39, 0.29) is 12.5 Å². The van der Waals surface area contributed by atoms with Gasteiger partial charge in [0.1, 0.15) is 11.5 Å². The molecule has 1 N–H and O–H groups in total. The number of aryl methyl sites for hydroxylation is 1. The van der Waals surface area contributed by atoms with Crippen molar-refractivity contribution in [1.82, 2.24) is 15.0 Å². The highest BCUT2D eigenvalue weighted by atomic mass is 16.5. The van der Waals surface area contributed by atoms with E-state index in [4.69, 9.17) is 14.0 Å². The lowest BCUT2D eigenvalue weighted by Crippen LogP contribution is -2.15. The van der Waals surface area contributed by atoms with E-state index in [1.54, 1.807) is 24.3 Å². The molecule has 2 aromatic carbocycles. The molecule has 164 valence electrons. The Kier molecular flexibility index (Phi) is 8.00. The van der Waals surface area contributed by atoms with Gasteiger partial charge in [0.05, 0.1) is 6.61 Å². The maximum Gasteiger partial charge on any atom is 0.255 e. The Labute approximate surface area is 182 Å². The SMILES string of the molecule is CCc1nc(COc2ccc(C(=O)Nc3ccc(OCCCN(C)C)cc3)cc2)no1. The van der Waals surface area contributed by atoms with Gasteiger partial charge in [-0.25, -0.2) is 0 Å². The maximum atomic E-state index is 12.5. The van der Waals surface area contributed by atoms with E-state index in [1.807, 2.05) is 45.3 Å². The van der Waals surface area contributed by atoms with E-state index in [0.29, 0.717) is 41.7 Å². The number of hydrogen-bond donors (Lipinski definition) is 1. The van der Waals surface area contributed by atoms with Gasteiger partial charge in [-0.2, -0.15) is 4.98 Å². The summed E-state index contributed by atoms with van der Waals surface area (Å²) < 4.78 is 16.4. The molecule has 0 aliphatic heterocycles. The molecule has 0 atom stereocenters. The Morgan fingerprint density at radius 1 is 1.03 bits per heavy atom. The molecule has 8 nitrogen and oxygen atoms in total. The number of nitrogens with one attached hydrogen (secondary N) is 1. The van der Waals surface area contributed by atoms with Gasteiger partial charge in [-0.3, -0.25) is 4.79 Å². The second-order valence-electron chi connectivity index (χ2n) is 7.25. The molecular weight excluding hydrogens is 396 g/mol. The van der Waals surface area contributed by atoms with Gasteiger partial charge in [-0.15, -0.1) is 0 Å². The summed E-state index contributed by atoms with van der Waals surface area (Å²) in [5, 5.41) is 6.72. The maximum absolute atomic E-state index is 12.5. The van der Waals surface area contributed by atoms with Crippen LogP contribution in [0.2, 0.25) is 0 Å². The molecule has 0 saturated heterocycles. The van der Waals surface area contributed by atoms with Crippen LogP contribution in [-0.4, -0.2) is 48.2 Å². The summed E-state index contributed by atoms with van der Waals surface area (Å²) in [5.41, 5.74) is 1.24. The van der Waals surface area contributed by atoms with Gasteiger partial charge in [0.2, 0.25) is 11.7 Å². The van der Waals surface area contributed by atoms with Crippen molar-refractivity contribution >= 4 is 11.6 Å². The predicted octanol–water partition coefficient (Wildman–Crippen LogP) is 3.79. The summed E-state index contributed by atoms with van der Waals surface area (Å²) in [4.78, 5) is 18.8. The summed E-state index contributed by atoms with van der Waals surface area (Å²) in [6.45, 7) is 3.79. The lowest BCUT2D eigenvalue weighted by molar-refractivity contribution is 0.102. The number of anilines is 1. The summed E-state index contributed by atoms with van der Waals surface area (Å²) in [6, 6.07) is 14.2. The molecule has 1 heterocycles. The molecular formula is C23H28N4O4. The van der Waals surface area contributed by atoms with Gasteiger partial charge in [-0.05, 0) is 69.0 Å². The molecule has 0 spiro atoms. The smallest absolute Gasteiger partial charge is 0.255 e.